The molecule has 2 aromatic rings. The van der Waals surface area contributed by atoms with E-state index in [1.807, 2.05) is 45.0 Å². The number of amides is 1. The number of hydrogen-bond donors (Lipinski definition) is 1. The molecule has 0 radical (unpaired) electrons. The first-order valence-corrected chi connectivity index (χ1v) is 8.99. The van der Waals surface area contributed by atoms with Crippen molar-refractivity contribution in [3.8, 4) is 0 Å². The van der Waals surface area contributed by atoms with Crippen molar-refractivity contribution in [1.82, 2.24) is 9.88 Å². The van der Waals surface area contributed by atoms with Crippen molar-refractivity contribution >= 4 is 34.3 Å². The minimum atomic E-state index is -0.457. The summed E-state index contributed by atoms with van der Waals surface area (Å²) < 4.78 is 5.45. The Bertz CT molecular complexity index is 765. The van der Waals surface area contributed by atoms with Crippen molar-refractivity contribution in [3.05, 3.63) is 35.5 Å². The number of hydrogen-bond acceptors (Lipinski definition) is 4. The molecule has 1 aromatic carbocycles. The van der Waals surface area contributed by atoms with Crippen molar-refractivity contribution < 1.29 is 9.53 Å². The van der Waals surface area contributed by atoms with Crippen LogP contribution in [0, 0.1) is 0 Å². The van der Waals surface area contributed by atoms with Crippen LogP contribution in [0.4, 0.5) is 10.5 Å². The molecule has 0 aliphatic carbocycles. The van der Waals surface area contributed by atoms with Crippen LogP contribution < -0.4 is 5.32 Å². The first kappa shape index (κ1) is 17.8. The van der Waals surface area contributed by atoms with Crippen LogP contribution in [0.3, 0.4) is 0 Å². The van der Waals surface area contributed by atoms with Gasteiger partial charge in [-0.1, -0.05) is 23.7 Å². The smallest absolute Gasteiger partial charge is 0.410 e. The molecule has 0 saturated carbocycles. The lowest BCUT2D eigenvalue weighted by Crippen LogP contribution is -2.44. The fourth-order valence-corrected chi connectivity index (χ4v) is 3.24. The average Bonchev–Trinajstić information content (AvgIpc) is 2.55. The summed E-state index contributed by atoms with van der Waals surface area (Å²) >= 11 is 6.23. The first-order chi connectivity index (χ1) is 11.8. The number of carbonyl (C=O) groups is 1. The number of ether oxygens (including phenoxy) is 1. The van der Waals surface area contributed by atoms with Gasteiger partial charge in [-0.2, -0.15) is 0 Å². The molecule has 1 aliphatic heterocycles. The summed E-state index contributed by atoms with van der Waals surface area (Å²) in [5.74, 6) is 0. The number of pyridine rings is 1. The number of aromatic nitrogens is 1. The maximum absolute atomic E-state index is 12.2. The highest BCUT2D eigenvalue weighted by atomic mass is 35.5. The van der Waals surface area contributed by atoms with E-state index in [1.54, 1.807) is 11.1 Å². The van der Waals surface area contributed by atoms with E-state index in [4.69, 9.17) is 16.3 Å². The van der Waals surface area contributed by atoms with E-state index in [1.165, 1.54) is 0 Å². The number of piperidine rings is 1. The third-order valence-corrected chi connectivity index (χ3v) is 4.53. The number of nitrogens with one attached hydrogen (secondary N) is 1. The zero-order valence-electron chi connectivity index (χ0n) is 14.9. The molecule has 25 heavy (non-hydrogen) atoms. The van der Waals surface area contributed by atoms with Crippen LogP contribution in [-0.2, 0) is 4.74 Å². The minimum absolute atomic E-state index is 0.230. The van der Waals surface area contributed by atoms with Gasteiger partial charge < -0.3 is 15.0 Å². The third-order valence-electron chi connectivity index (χ3n) is 4.23. The zero-order chi connectivity index (χ0) is 18.0. The normalized spacial score (nSPS) is 16.1. The summed E-state index contributed by atoms with van der Waals surface area (Å²) in [6, 6.07) is 8.08. The van der Waals surface area contributed by atoms with Gasteiger partial charge in [-0.15, -0.1) is 0 Å². The Morgan fingerprint density at radius 1 is 1.28 bits per heavy atom. The Kier molecular flexibility index (Phi) is 5.04. The second kappa shape index (κ2) is 7.08. The Labute approximate surface area is 153 Å². The molecule has 1 aromatic heterocycles. The molecule has 2 heterocycles. The van der Waals surface area contributed by atoms with Gasteiger partial charge in [-0.25, -0.2) is 4.79 Å². The van der Waals surface area contributed by atoms with Gasteiger partial charge in [0.1, 0.15) is 5.60 Å². The maximum atomic E-state index is 12.2. The summed E-state index contributed by atoms with van der Waals surface area (Å²) in [5, 5.41) is 5.25. The first-order valence-electron chi connectivity index (χ1n) is 8.61. The van der Waals surface area contributed by atoms with Crippen molar-refractivity contribution in [2.75, 3.05) is 18.4 Å². The van der Waals surface area contributed by atoms with Gasteiger partial charge in [0.25, 0.3) is 0 Å². The number of fused-ring (bicyclic) bond motifs is 1. The molecule has 0 spiro atoms. The average molecular weight is 362 g/mol. The lowest BCUT2D eigenvalue weighted by Gasteiger charge is -2.34. The topological polar surface area (TPSA) is 54.5 Å². The Morgan fingerprint density at radius 2 is 2.00 bits per heavy atom. The van der Waals surface area contributed by atoms with Gasteiger partial charge in [-0.3, -0.25) is 4.98 Å². The SMILES string of the molecule is CC(C)(C)OC(=O)N1CCC(Nc2ccnc3c(Cl)cccc23)CC1. The Morgan fingerprint density at radius 3 is 2.68 bits per heavy atom. The van der Waals surface area contributed by atoms with Crippen LogP contribution in [0.15, 0.2) is 30.5 Å². The highest BCUT2D eigenvalue weighted by Gasteiger charge is 2.27. The van der Waals surface area contributed by atoms with E-state index in [0.717, 1.165) is 29.4 Å². The minimum Gasteiger partial charge on any atom is -0.444 e. The number of anilines is 1. The van der Waals surface area contributed by atoms with Gasteiger partial charge in [0.2, 0.25) is 0 Å². The standard InChI is InChI=1S/C19H24ClN3O2/c1-19(2,3)25-18(24)23-11-8-13(9-12-23)22-16-7-10-21-17-14(16)5-4-6-15(17)20/h4-7,10,13H,8-9,11-12H2,1-3H3,(H,21,22). The van der Waals surface area contributed by atoms with Crippen molar-refractivity contribution in [2.24, 2.45) is 0 Å². The van der Waals surface area contributed by atoms with E-state index in [9.17, 15) is 4.79 Å². The number of carbonyl (C=O) groups excluding carboxylic acids is 1. The predicted octanol–water partition coefficient (Wildman–Crippen LogP) is 4.70. The quantitative estimate of drug-likeness (QED) is 0.842. The predicted molar refractivity (Wildman–Crippen MR) is 101 cm³/mol. The summed E-state index contributed by atoms with van der Waals surface area (Å²) in [5.41, 5.74) is 1.38. The maximum Gasteiger partial charge on any atom is 0.410 e. The van der Waals surface area contributed by atoms with Gasteiger partial charge >= 0.3 is 6.09 Å². The van der Waals surface area contributed by atoms with Crippen LogP contribution in [0.2, 0.25) is 5.02 Å². The number of benzene rings is 1. The number of nitrogens with zero attached hydrogens (tertiary/aromatic N) is 2. The van der Waals surface area contributed by atoms with Crippen LogP contribution in [-0.4, -0.2) is 40.7 Å². The van der Waals surface area contributed by atoms with Crippen LogP contribution in [0.5, 0.6) is 0 Å². The third kappa shape index (κ3) is 4.34. The highest BCUT2D eigenvalue weighted by molar-refractivity contribution is 6.35. The summed E-state index contributed by atoms with van der Waals surface area (Å²) in [6.45, 7) is 7.05. The van der Waals surface area contributed by atoms with Crippen LogP contribution >= 0.6 is 11.6 Å². The fourth-order valence-electron chi connectivity index (χ4n) is 3.02. The Hall–Kier alpha value is -2.01. The second-order valence-electron chi connectivity index (χ2n) is 7.38. The number of rotatable bonds is 2. The van der Waals surface area contributed by atoms with E-state index in [2.05, 4.69) is 10.3 Å². The zero-order valence-corrected chi connectivity index (χ0v) is 15.6. The molecule has 134 valence electrons. The van der Waals surface area contributed by atoms with Crippen LogP contribution in [0.1, 0.15) is 33.6 Å². The number of halogens is 1. The molecular weight excluding hydrogens is 338 g/mol. The largest absolute Gasteiger partial charge is 0.444 e. The summed E-state index contributed by atoms with van der Waals surface area (Å²) in [4.78, 5) is 18.3. The van der Waals surface area contributed by atoms with Gasteiger partial charge in [-0.05, 0) is 45.7 Å². The number of likely N-dealkylation sites (tertiary alicyclic amines) is 1. The van der Waals surface area contributed by atoms with Gasteiger partial charge in [0, 0.05) is 36.4 Å². The summed E-state index contributed by atoms with van der Waals surface area (Å²) in [7, 11) is 0. The van der Waals surface area contributed by atoms with E-state index in [0.29, 0.717) is 24.2 Å². The Balaban J connectivity index is 1.63. The molecular formula is C19H24ClN3O2. The number of para-hydroxylation sites is 1. The van der Waals surface area contributed by atoms with Crippen LogP contribution in [0.25, 0.3) is 10.9 Å². The molecule has 0 unspecified atom stereocenters. The molecule has 0 atom stereocenters. The van der Waals surface area contributed by atoms with E-state index >= 15 is 0 Å². The lowest BCUT2D eigenvalue weighted by atomic mass is 10.0. The van der Waals surface area contributed by atoms with Gasteiger partial charge in [0.15, 0.2) is 0 Å². The molecule has 1 fully saturated rings. The molecule has 6 heteroatoms. The molecule has 1 amide bonds. The lowest BCUT2D eigenvalue weighted by molar-refractivity contribution is 0.0210. The van der Waals surface area contributed by atoms with Crippen molar-refractivity contribution in [1.29, 1.82) is 0 Å². The molecule has 3 rings (SSSR count). The highest BCUT2D eigenvalue weighted by Crippen LogP contribution is 2.28. The van der Waals surface area contributed by atoms with Gasteiger partial charge in [0.05, 0.1) is 10.5 Å². The van der Waals surface area contributed by atoms with E-state index < -0.39 is 5.60 Å². The molecule has 0 bridgehead atoms. The monoisotopic (exact) mass is 361 g/mol. The fraction of sp³-hybridized carbons (Fsp3) is 0.474. The second-order valence-corrected chi connectivity index (χ2v) is 7.79. The summed E-state index contributed by atoms with van der Waals surface area (Å²) in [6.07, 6.45) is 3.30. The van der Waals surface area contributed by atoms with Crippen molar-refractivity contribution in [2.45, 2.75) is 45.3 Å². The van der Waals surface area contributed by atoms with Crippen molar-refractivity contribution in [3.63, 3.8) is 0 Å². The molecule has 1 aliphatic rings. The van der Waals surface area contributed by atoms with E-state index in [-0.39, 0.29) is 6.09 Å². The molecule has 1 N–H and O–H groups in total. The molecule has 5 nitrogen and oxygen atoms in total. The molecule has 1 saturated heterocycles.